The van der Waals surface area contributed by atoms with Crippen molar-refractivity contribution in [2.45, 2.75) is 20.4 Å². The molecule has 0 aliphatic heterocycles. The number of aromatic carboxylic acids is 2. The summed E-state index contributed by atoms with van der Waals surface area (Å²) in [5.74, 6) is -2.30. The summed E-state index contributed by atoms with van der Waals surface area (Å²) in [6.45, 7) is 4.58. The minimum absolute atomic E-state index is 0.0186. The Bertz CT molecular complexity index is 718. The Kier molecular flexibility index (Phi) is 5.18. The highest BCUT2D eigenvalue weighted by Gasteiger charge is 2.29. The smallest absolute Gasteiger partial charge is 0.353 e. The second-order valence-electron chi connectivity index (χ2n) is 5.01. The Morgan fingerprint density at radius 3 is 2.30 bits per heavy atom. The molecule has 122 valence electrons. The lowest BCUT2D eigenvalue weighted by Crippen LogP contribution is -2.14. The first-order valence-electron chi connectivity index (χ1n) is 7.31. The zero-order chi connectivity index (χ0) is 17.0. The summed E-state index contributed by atoms with van der Waals surface area (Å²) in [6, 6.07) is 8.71. The van der Waals surface area contributed by atoms with Crippen LogP contribution < -0.4 is 0 Å². The molecule has 6 nitrogen and oxygen atoms in total. The Balaban J connectivity index is 2.69. The minimum Gasteiger partial charge on any atom is -0.478 e. The molecule has 2 aromatic rings. The molecule has 0 amide bonds. The van der Waals surface area contributed by atoms with Crippen molar-refractivity contribution in [2.24, 2.45) is 0 Å². The molecule has 0 atom stereocenters. The van der Waals surface area contributed by atoms with Crippen LogP contribution in [0.25, 0.3) is 11.1 Å². The number of hydrogen-bond acceptors (Lipinski definition) is 3. The lowest BCUT2D eigenvalue weighted by Gasteiger charge is -2.10. The van der Waals surface area contributed by atoms with Crippen LogP contribution in [0.2, 0.25) is 0 Å². The lowest BCUT2D eigenvalue weighted by molar-refractivity contribution is 0.0677. The molecule has 1 aromatic carbocycles. The summed E-state index contributed by atoms with van der Waals surface area (Å²) in [6.07, 6.45) is 0. The monoisotopic (exact) mass is 317 g/mol. The van der Waals surface area contributed by atoms with Gasteiger partial charge in [0.15, 0.2) is 0 Å². The number of benzene rings is 1. The summed E-state index contributed by atoms with van der Waals surface area (Å²) in [5.41, 5.74) is 1.21. The Labute approximate surface area is 133 Å². The van der Waals surface area contributed by atoms with Gasteiger partial charge in [-0.05, 0) is 19.4 Å². The molecule has 0 unspecified atom stereocenters. The van der Waals surface area contributed by atoms with Crippen molar-refractivity contribution in [1.82, 2.24) is 4.57 Å². The van der Waals surface area contributed by atoms with E-state index in [2.05, 4.69) is 0 Å². The van der Waals surface area contributed by atoms with E-state index in [0.717, 1.165) is 0 Å². The predicted molar refractivity (Wildman–Crippen MR) is 85.0 cm³/mol. The van der Waals surface area contributed by atoms with Gasteiger partial charge in [-0.3, -0.25) is 0 Å². The molecule has 0 radical (unpaired) electrons. The van der Waals surface area contributed by atoms with Crippen molar-refractivity contribution in [1.29, 1.82) is 0 Å². The second-order valence-corrected chi connectivity index (χ2v) is 5.01. The van der Waals surface area contributed by atoms with Crippen molar-refractivity contribution in [3.05, 3.63) is 47.3 Å². The van der Waals surface area contributed by atoms with Gasteiger partial charge in [0.1, 0.15) is 5.69 Å². The summed E-state index contributed by atoms with van der Waals surface area (Å²) in [4.78, 5) is 23.5. The largest absolute Gasteiger partial charge is 0.478 e. The Morgan fingerprint density at radius 2 is 1.78 bits per heavy atom. The maximum Gasteiger partial charge on any atom is 0.353 e. The molecule has 0 fully saturated rings. The third kappa shape index (κ3) is 3.27. The van der Waals surface area contributed by atoms with E-state index in [1.165, 1.54) is 4.57 Å². The van der Waals surface area contributed by atoms with E-state index in [9.17, 15) is 19.8 Å². The third-order valence-corrected chi connectivity index (χ3v) is 3.67. The SMILES string of the molecule is CCOCCn1c(C)c(C(=O)O)c(-c2ccccc2)c1C(=O)O. The fourth-order valence-corrected chi connectivity index (χ4v) is 2.69. The second kappa shape index (κ2) is 7.11. The maximum atomic E-state index is 11.8. The number of carboxylic acid groups (broad SMARTS) is 2. The number of carbonyl (C=O) groups is 2. The zero-order valence-electron chi connectivity index (χ0n) is 13.1. The number of carboxylic acids is 2. The molecular weight excluding hydrogens is 298 g/mol. The van der Waals surface area contributed by atoms with Gasteiger partial charge in [0.25, 0.3) is 0 Å². The van der Waals surface area contributed by atoms with E-state index >= 15 is 0 Å². The predicted octanol–water partition coefficient (Wildman–Crippen LogP) is 2.90. The highest BCUT2D eigenvalue weighted by atomic mass is 16.5. The number of ether oxygens (including phenoxy) is 1. The van der Waals surface area contributed by atoms with Gasteiger partial charge in [0.2, 0.25) is 0 Å². The molecule has 0 aliphatic rings. The molecule has 23 heavy (non-hydrogen) atoms. The molecule has 1 aromatic heterocycles. The zero-order valence-corrected chi connectivity index (χ0v) is 13.1. The van der Waals surface area contributed by atoms with Gasteiger partial charge in [0, 0.05) is 24.4 Å². The molecular formula is C17H19NO5. The van der Waals surface area contributed by atoms with Crippen LogP contribution in [0, 0.1) is 6.92 Å². The van der Waals surface area contributed by atoms with Crippen LogP contribution in [-0.2, 0) is 11.3 Å². The molecule has 0 spiro atoms. The molecule has 0 saturated carbocycles. The van der Waals surface area contributed by atoms with Crippen molar-refractivity contribution in [3.63, 3.8) is 0 Å². The first kappa shape index (κ1) is 16.8. The maximum absolute atomic E-state index is 11.8. The van der Waals surface area contributed by atoms with Crippen molar-refractivity contribution in [3.8, 4) is 11.1 Å². The minimum atomic E-state index is -1.16. The van der Waals surface area contributed by atoms with Gasteiger partial charge >= 0.3 is 11.9 Å². The molecule has 0 saturated heterocycles. The first-order valence-corrected chi connectivity index (χ1v) is 7.31. The Morgan fingerprint density at radius 1 is 1.13 bits per heavy atom. The van der Waals surface area contributed by atoms with Crippen LogP contribution in [0.1, 0.15) is 33.5 Å². The van der Waals surface area contributed by atoms with Crippen LogP contribution in [-0.4, -0.2) is 39.9 Å². The van der Waals surface area contributed by atoms with E-state index in [1.807, 2.05) is 6.92 Å². The lowest BCUT2D eigenvalue weighted by atomic mass is 10.0. The quantitative estimate of drug-likeness (QED) is 0.767. The van der Waals surface area contributed by atoms with E-state index in [1.54, 1.807) is 37.3 Å². The number of aromatic nitrogens is 1. The third-order valence-electron chi connectivity index (χ3n) is 3.67. The number of rotatable bonds is 7. The molecule has 0 aliphatic carbocycles. The van der Waals surface area contributed by atoms with Gasteiger partial charge in [-0.1, -0.05) is 30.3 Å². The van der Waals surface area contributed by atoms with Gasteiger partial charge in [-0.15, -0.1) is 0 Å². The fourth-order valence-electron chi connectivity index (χ4n) is 2.69. The molecule has 2 rings (SSSR count). The van der Waals surface area contributed by atoms with Gasteiger partial charge in [0.05, 0.1) is 12.2 Å². The fraction of sp³-hybridized carbons (Fsp3) is 0.294. The van der Waals surface area contributed by atoms with Crippen molar-refractivity contribution in [2.75, 3.05) is 13.2 Å². The van der Waals surface area contributed by atoms with Crippen LogP contribution in [0.5, 0.6) is 0 Å². The number of hydrogen-bond donors (Lipinski definition) is 2. The molecule has 0 bridgehead atoms. The number of nitrogens with zero attached hydrogens (tertiary/aromatic N) is 1. The van der Waals surface area contributed by atoms with E-state index < -0.39 is 11.9 Å². The van der Waals surface area contributed by atoms with Gasteiger partial charge in [-0.25, -0.2) is 9.59 Å². The summed E-state index contributed by atoms with van der Waals surface area (Å²) in [5, 5.41) is 19.2. The van der Waals surface area contributed by atoms with Crippen molar-refractivity contribution < 1.29 is 24.5 Å². The highest BCUT2D eigenvalue weighted by Crippen LogP contribution is 2.33. The summed E-state index contributed by atoms with van der Waals surface area (Å²) in [7, 11) is 0. The summed E-state index contributed by atoms with van der Waals surface area (Å²) < 4.78 is 6.79. The van der Waals surface area contributed by atoms with Crippen LogP contribution >= 0.6 is 0 Å². The first-order chi connectivity index (χ1) is 11.0. The topological polar surface area (TPSA) is 88.8 Å². The van der Waals surface area contributed by atoms with Crippen LogP contribution in [0.15, 0.2) is 30.3 Å². The highest BCUT2D eigenvalue weighted by molar-refractivity contribution is 6.05. The van der Waals surface area contributed by atoms with Gasteiger partial charge < -0.3 is 19.5 Å². The molecule has 6 heteroatoms. The van der Waals surface area contributed by atoms with E-state index in [-0.39, 0.29) is 23.4 Å². The molecule has 2 N–H and O–H groups in total. The van der Waals surface area contributed by atoms with Crippen LogP contribution in [0.4, 0.5) is 0 Å². The average molecular weight is 317 g/mol. The average Bonchev–Trinajstić information content (AvgIpc) is 2.82. The van der Waals surface area contributed by atoms with Crippen molar-refractivity contribution >= 4 is 11.9 Å². The van der Waals surface area contributed by atoms with E-state index in [4.69, 9.17) is 4.74 Å². The molecule has 1 heterocycles. The standard InChI is InChI=1S/C17H19NO5/c1-3-23-10-9-18-11(2)13(16(19)20)14(15(18)17(21)22)12-7-5-4-6-8-12/h4-8H,3,9-10H2,1-2H3,(H,19,20)(H,21,22). The van der Waals surface area contributed by atoms with Crippen LogP contribution in [0.3, 0.4) is 0 Å². The van der Waals surface area contributed by atoms with Gasteiger partial charge in [-0.2, -0.15) is 0 Å². The normalized spacial score (nSPS) is 10.7. The summed E-state index contributed by atoms with van der Waals surface area (Å²) >= 11 is 0. The van der Waals surface area contributed by atoms with E-state index in [0.29, 0.717) is 24.5 Å². The Hall–Kier alpha value is -2.60.